The van der Waals surface area contributed by atoms with E-state index in [1.807, 2.05) is 29.5 Å². The summed E-state index contributed by atoms with van der Waals surface area (Å²) in [5.74, 6) is 2.73. The van der Waals surface area contributed by atoms with Crippen LogP contribution in [0.5, 0.6) is 5.75 Å². The summed E-state index contributed by atoms with van der Waals surface area (Å²) < 4.78 is 14.3. The zero-order valence-corrected chi connectivity index (χ0v) is 22.3. The van der Waals surface area contributed by atoms with Gasteiger partial charge in [-0.05, 0) is 96.2 Å². The summed E-state index contributed by atoms with van der Waals surface area (Å²) in [4.78, 5) is 21.9. The van der Waals surface area contributed by atoms with E-state index in [4.69, 9.17) is 21.1 Å². The molecule has 5 nitrogen and oxygen atoms in total. The second-order valence-corrected chi connectivity index (χ2v) is 9.78. The van der Waals surface area contributed by atoms with Crippen molar-refractivity contribution in [2.24, 2.45) is 0 Å². The largest absolute Gasteiger partial charge is 0.444 e. The topological polar surface area (TPSA) is 64.6 Å². The molecule has 0 aliphatic carbocycles. The van der Waals surface area contributed by atoms with Gasteiger partial charge in [-0.25, -0.2) is 4.79 Å². The van der Waals surface area contributed by atoms with E-state index in [2.05, 4.69) is 76.3 Å². The van der Waals surface area contributed by atoms with E-state index in [-0.39, 0.29) is 18.5 Å². The number of ether oxygens (including phenoxy) is 2. The van der Waals surface area contributed by atoms with Gasteiger partial charge in [0.1, 0.15) is 18.8 Å². The first-order valence-electron chi connectivity index (χ1n) is 6.95. The van der Waals surface area contributed by atoms with Gasteiger partial charge in [0.25, 0.3) is 0 Å². The van der Waals surface area contributed by atoms with Crippen LogP contribution in [0.3, 0.4) is 0 Å². The molecule has 142 valence electrons. The van der Waals surface area contributed by atoms with Crippen molar-refractivity contribution in [3.8, 4) is 15.6 Å². The molecular weight excluding hydrogens is 766 g/mol. The van der Waals surface area contributed by atoms with Crippen LogP contribution in [0.2, 0.25) is 5.02 Å². The summed E-state index contributed by atoms with van der Waals surface area (Å²) in [5, 5.41) is 3.14. The molecule has 0 heterocycles. The van der Waals surface area contributed by atoms with Gasteiger partial charge in [-0.15, -0.1) is 0 Å². The average molecular weight is 780 g/mol. The average Bonchev–Trinajstić information content (AvgIpc) is 2.60. The van der Waals surface area contributed by atoms with Gasteiger partial charge >= 0.3 is 12.1 Å². The molecular formula is C16H14BrClI3NO4. The van der Waals surface area contributed by atoms with Crippen molar-refractivity contribution in [1.82, 2.24) is 5.32 Å². The summed E-state index contributed by atoms with van der Waals surface area (Å²) in [6.45, 7) is 2.75. The fraction of sp³-hybridized carbons (Fsp3) is 0.250. The maximum absolute atomic E-state index is 11.1. The fourth-order valence-corrected chi connectivity index (χ4v) is 1.90. The number of halogens is 5. The number of carbonyl (C=O) groups is 2. The van der Waals surface area contributed by atoms with Gasteiger partial charge in [-0.3, -0.25) is 4.79 Å². The van der Waals surface area contributed by atoms with E-state index in [0.29, 0.717) is 23.9 Å². The number of hydrogen-bond donors (Lipinski definition) is 1. The molecule has 0 aliphatic rings. The highest BCUT2D eigenvalue weighted by atomic mass is 127. The SMILES string of the molecule is CCNC(=O)OCC(I)=C(Br)I.O=C(CC#CI)Oc1ccc(Cl)cc1. The summed E-state index contributed by atoms with van der Waals surface area (Å²) in [7, 11) is 0. The van der Waals surface area contributed by atoms with Crippen LogP contribution in [0.1, 0.15) is 13.3 Å². The van der Waals surface area contributed by atoms with Crippen LogP contribution >= 0.6 is 95.3 Å². The summed E-state index contributed by atoms with van der Waals surface area (Å²) in [6.07, 6.45) is -0.275. The quantitative estimate of drug-likeness (QED) is 0.168. The van der Waals surface area contributed by atoms with Gasteiger partial charge in [-0.1, -0.05) is 17.5 Å². The number of nitrogens with one attached hydrogen (secondary N) is 1. The van der Waals surface area contributed by atoms with Gasteiger partial charge in [-0.2, -0.15) is 0 Å². The Bertz CT molecular complexity index is 683. The van der Waals surface area contributed by atoms with Crippen molar-refractivity contribution >= 4 is 107 Å². The van der Waals surface area contributed by atoms with Crippen molar-refractivity contribution in [2.75, 3.05) is 13.2 Å². The molecule has 0 bridgehead atoms. The number of rotatable bonds is 5. The van der Waals surface area contributed by atoms with E-state index < -0.39 is 0 Å². The monoisotopic (exact) mass is 779 g/mol. The van der Waals surface area contributed by atoms with E-state index in [0.717, 1.165) is 6.07 Å². The van der Waals surface area contributed by atoms with E-state index >= 15 is 0 Å². The van der Waals surface area contributed by atoms with Gasteiger partial charge in [0, 0.05) is 37.7 Å². The standard InChI is InChI=1S/C10H6ClIO2.C6H8BrI2NO2/c11-8-3-5-9(6-4-8)14-10(13)2-1-7-12;1-2-10-6(11)12-3-4(8)5(7)9/h3-6H,2H2;2-3H2,1H3,(H,10,11). The normalized spacial score (nSPS) is 10.2. The molecule has 0 saturated heterocycles. The molecule has 1 aromatic rings. The molecule has 1 rings (SSSR count). The van der Waals surface area contributed by atoms with Crippen LogP contribution in [0.4, 0.5) is 4.79 Å². The Labute approximate surface area is 206 Å². The highest BCUT2D eigenvalue weighted by Gasteiger charge is 2.03. The number of hydrogen-bond acceptors (Lipinski definition) is 4. The zero-order chi connectivity index (χ0) is 19.9. The second kappa shape index (κ2) is 16.2. The minimum Gasteiger partial charge on any atom is -0.444 e. The molecule has 0 unspecified atom stereocenters. The summed E-state index contributed by atoms with van der Waals surface area (Å²) in [6, 6.07) is 6.60. The molecule has 1 amide bonds. The smallest absolute Gasteiger partial charge is 0.407 e. The predicted octanol–water partition coefficient (Wildman–Crippen LogP) is 6.20. The molecule has 0 spiro atoms. The second-order valence-electron chi connectivity index (χ2n) is 4.15. The Balaban J connectivity index is 0.000000488. The number of benzene rings is 1. The number of alkyl carbamates (subject to hydrolysis) is 1. The van der Waals surface area contributed by atoms with E-state index in [1.54, 1.807) is 24.3 Å². The minimum absolute atomic E-state index is 0.103. The highest BCUT2D eigenvalue weighted by Crippen LogP contribution is 2.24. The number of esters is 1. The maximum atomic E-state index is 11.1. The number of carbonyl (C=O) groups excluding carboxylic acids is 2. The Morgan fingerprint density at radius 3 is 2.38 bits per heavy atom. The Morgan fingerprint density at radius 1 is 1.27 bits per heavy atom. The lowest BCUT2D eigenvalue weighted by atomic mass is 10.3. The van der Waals surface area contributed by atoms with Crippen LogP contribution in [0, 0.1) is 9.85 Å². The molecule has 1 aromatic carbocycles. The third-order valence-corrected chi connectivity index (χ3v) is 6.59. The Kier molecular flexibility index (Phi) is 16.3. The van der Waals surface area contributed by atoms with Crippen LogP contribution in [-0.2, 0) is 9.53 Å². The van der Waals surface area contributed by atoms with Crippen molar-refractivity contribution < 1.29 is 19.1 Å². The third kappa shape index (κ3) is 14.3. The van der Waals surface area contributed by atoms with Gasteiger partial charge in [0.2, 0.25) is 0 Å². The highest BCUT2D eigenvalue weighted by molar-refractivity contribution is 14.1. The van der Waals surface area contributed by atoms with Gasteiger partial charge in [0.15, 0.2) is 0 Å². The maximum Gasteiger partial charge on any atom is 0.407 e. The minimum atomic E-state index is -0.378. The summed E-state index contributed by atoms with van der Waals surface area (Å²) in [5.41, 5.74) is 0. The Hall–Kier alpha value is 0.220. The lowest BCUT2D eigenvalue weighted by Gasteiger charge is -2.04. The molecule has 0 aromatic heterocycles. The van der Waals surface area contributed by atoms with Crippen molar-refractivity contribution in [2.45, 2.75) is 13.3 Å². The lowest BCUT2D eigenvalue weighted by Crippen LogP contribution is -2.24. The van der Waals surface area contributed by atoms with E-state index in [1.165, 1.54) is 0 Å². The Morgan fingerprint density at radius 2 is 1.88 bits per heavy atom. The fourth-order valence-electron chi connectivity index (χ4n) is 1.15. The van der Waals surface area contributed by atoms with Crippen LogP contribution in [0.15, 0.2) is 30.3 Å². The van der Waals surface area contributed by atoms with Crippen molar-refractivity contribution in [1.29, 1.82) is 0 Å². The first-order chi connectivity index (χ1) is 12.3. The van der Waals surface area contributed by atoms with Crippen molar-refractivity contribution in [3.05, 3.63) is 35.4 Å². The number of amides is 1. The van der Waals surface area contributed by atoms with Crippen molar-refractivity contribution in [3.63, 3.8) is 0 Å². The molecule has 10 heteroatoms. The molecule has 0 aliphatic heterocycles. The zero-order valence-electron chi connectivity index (χ0n) is 13.5. The van der Waals surface area contributed by atoms with Crippen LogP contribution in [-0.4, -0.2) is 25.2 Å². The van der Waals surface area contributed by atoms with Gasteiger partial charge < -0.3 is 14.8 Å². The third-order valence-electron chi connectivity index (χ3n) is 2.20. The molecule has 0 fully saturated rings. The van der Waals surface area contributed by atoms with Crippen LogP contribution in [0.25, 0.3) is 0 Å². The van der Waals surface area contributed by atoms with E-state index in [9.17, 15) is 9.59 Å². The molecule has 0 radical (unpaired) electrons. The molecule has 26 heavy (non-hydrogen) atoms. The first-order valence-corrected chi connectivity index (χ1v) is 11.4. The summed E-state index contributed by atoms with van der Waals surface area (Å²) >= 11 is 15.0. The first kappa shape index (κ1) is 26.2. The lowest BCUT2D eigenvalue weighted by molar-refractivity contribution is -0.133. The van der Waals surface area contributed by atoms with Crippen LogP contribution < -0.4 is 10.1 Å². The van der Waals surface area contributed by atoms with Gasteiger partial charge in [0.05, 0.1) is 2.49 Å². The molecule has 1 N–H and O–H groups in total. The molecule has 0 atom stereocenters. The molecule has 0 saturated carbocycles. The predicted molar refractivity (Wildman–Crippen MR) is 133 cm³/mol.